The molecule has 138 valence electrons. The van der Waals surface area contributed by atoms with Crippen molar-refractivity contribution in [2.75, 3.05) is 30.1 Å². The summed E-state index contributed by atoms with van der Waals surface area (Å²) in [6.07, 6.45) is 0. The van der Waals surface area contributed by atoms with Crippen LogP contribution >= 0.6 is 0 Å². The van der Waals surface area contributed by atoms with E-state index in [9.17, 15) is 18.0 Å². The predicted molar refractivity (Wildman–Crippen MR) is 98.0 cm³/mol. The summed E-state index contributed by atoms with van der Waals surface area (Å²) in [6, 6.07) is 11.4. The molecule has 0 spiro atoms. The number of hydrogen-bond acceptors (Lipinski definition) is 5. The zero-order chi connectivity index (χ0) is 19.2. The molecule has 0 aliphatic carbocycles. The number of nitrogens with two attached hydrogens (primary N) is 1. The van der Waals surface area contributed by atoms with Crippen LogP contribution in [0.15, 0.2) is 53.4 Å². The number of benzene rings is 2. The number of primary amides is 1. The number of hydrogen-bond donors (Lipinski definition) is 3. The number of carbonyl (C=O) groups excluding carboxylic acids is 2. The van der Waals surface area contributed by atoms with Crippen LogP contribution < -0.4 is 16.4 Å². The van der Waals surface area contributed by atoms with E-state index in [1.807, 2.05) is 0 Å². The van der Waals surface area contributed by atoms with E-state index in [4.69, 9.17) is 10.5 Å². The first kappa shape index (κ1) is 19.4. The second-order valence-electron chi connectivity index (χ2n) is 5.36. The van der Waals surface area contributed by atoms with Crippen molar-refractivity contribution >= 4 is 33.2 Å². The first-order valence-corrected chi connectivity index (χ1v) is 9.26. The van der Waals surface area contributed by atoms with Gasteiger partial charge in [-0.2, -0.15) is 0 Å². The van der Waals surface area contributed by atoms with Gasteiger partial charge in [-0.15, -0.1) is 0 Å². The molecule has 0 aromatic heterocycles. The molecule has 0 fully saturated rings. The number of rotatable bonds is 7. The lowest BCUT2D eigenvalue weighted by atomic mass is 10.2. The summed E-state index contributed by atoms with van der Waals surface area (Å²) in [7, 11) is -2.02. The number of sulfone groups is 1. The van der Waals surface area contributed by atoms with Crippen LogP contribution in [-0.4, -0.2) is 39.8 Å². The minimum absolute atomic E-state index is 0.0975. The molecule has 0 saturated heterocycles. The Morgan fingerprint density at radius 2 is 1.65 bits per heavy atom. The lowest BCUT2D eigenvalue weighted by Crippen LogP contribution is -2.19. The number of methoxy groups -OCH3 is 1. The first-order chi connectivity index (χ1) is 12.3. The van der Waals surface area contributed by atoms with E-state index in [2.05, 4.69) is 10.6 Å². The fourth-order valence-corrected chi connectivity index (χ4v) is 3.32. The molecule has 2 aromatic carbocycles. The lowest BCUT2D eigenvalue weighted by Gasteiger charge is -2.09. The van der Waals surface area contributed by atoms with Gasteiger partial charge in [-0.05, 0) is 42.5 Å². The quantitative estimate of drug-likeness (QED) is 0.678. The molecule has 0 heterocycles. The maximum atomic E-state index is 12.3. The molecule has 2 aromatic rings. The molecule has 0 unspecified atom stereocenters. The number of nitrogens with one attached hydrogen (secondary N) is 2. The van der Waals surface area contributed by atoms with Crippen LogP contribution in [0, 0.1) is 0 Å². The Labute approximate surface area is 151 Å². The largest absolute Gasteiger partial charge is 0.384 e. The van der Waals surface area contributed by atoms with Crippen molar-refractivity contribution in [3.63, 3.8) is 0 Å². The highest BCUT2D eigenvalue weighted by molar-refractivity contribution is 7.91. The summed E-state index contributed by atoms with van der Waals surface area (Å²) >= 11 is 0. The van der Waals surface area contributed by atoms with Crippen molar-refractivity contribution < 1.29 is 22.7 Å². The Kier molecular flexibility index (Phi) is 6.31. The van der Waals surface area contributed by atoms with Gasteiger partial charge in [0.15, 0.2) is 9.84 Å². The second kappa shape index (κ2) is 8.45. The van der Waals surface area contributed by atoms with Gasteiger partial charge >= 0.3 is 6.03 Å². The summed E-state index contributed by atoms with van der Waals surface area (Å²) in [5.74, 6) is -0.545. The summed E-state index contributed by atoms with van der Waals surface area (Å²) in [6.45, 7) is 0.0975. The number of carbonyl (C=O) groups is 2. The van der Waals surface area contributed by atoms with Gasteiger partial charge in [0, 0.05) is 24.0 Å². The predicted octanol–water partition coefficient (Wildman–Crippen LogP) is 1.85. The molecule has 4 N–H and O–H groups in total. The molecule has 8 nitrogen and oxygen atoms in total. The minimum Gasteiger partial charge on any atom is -0.384 e. The molecular weight excluding hydrogens is 358 g/mol. The third-order valence-corrected chi connectivity index (χ3v) is 5.11. The molecule has 3 amide bonds. The van der Waals surface area contributed by atoms with Crippen LogP contribution in [0.1, 0.15) is 10.4 Å². The van der Waals surface area contributed by atoms with Crippen LogP contribution in [-0.2, 0) is 14.6 Å². The SMILES string of the molecule is COCCS(=O)(=O)c1ccc(C(=O)Nc2cccc(NC(N)=O)c2)cc1. The van der Waals surface area contributed by atoms with E-state index in [-0.39, 0.29) is 17.3 Å². The maximum absolute atomic E-state index is 12.3. The molecule has 0 saturated carbocycles. The van der Waals surface area contributed by atoms with Crippen molar-refractivity contribution in [2.24, 2.45) is 5.73 Å². The summed E-state index contributed by atoms with van der Waals surface area (Å²) in [5, 5.41) is 5.07. The summed E-state index contributed by atoms with van der Waals surface area (Å²) in [5.41, 5.74) is 6.24. The fraction of sp³-hybridized carbons (Fsp3) is 0.176. The third-order valence-electron chi connectivity index (χ3n) is 3.42. The van der Waals surface area contributed by atoms with Crippen LogP contribution in [0.5, 0.6) is 0 Å². The van der Waals surface area contributed by atoms with Crippen molar-refractivity contribution in [3.8, 4) is 0 Å². The van der Waals surface area contributed by atoms with Crippen molar-refractivity contribution in [1.82, 2.24) is 0 Å². The first-order valence-electron chi connectivity index (χ1n) is 7.61. The Hall–Kier alpha value is -2.91. The van der Waals surface area contributed by atoms with E-state index >= 15 is 0 Å². The third kappa shape index (κ3) is 5.30. The standard InChI is InChI=1S/C17H19N3O5S/c1-25-9-10-26(23,24)15-7-5-12(6-8-15)16(21)19-13-3-2-4-14(11-13)20-17(18)22/h2-8,11H,9-10H2,1H3,(H,19,21)(H3,18,20,22). The van der Waals surface area contributed by atoms with Gasteiger partial charge in [0.05, 0.1) is 17.3 Å². The van der Waals surface area contributed by atoms with E-state index < -0.39 is 21.8 Å². The van der Waals surface area contributed by atoms with E-state index in [1.165, 1.54) is 31.4 Å². The molecule has 0 atom stereocenters. The average molecular weight is 377 g/mol. The fourth-order valence-electron chi connectivity index (χ4n) is 2.14. The smallest absolute Gasteiger partial charge is 0.316 e. The van der Waals surface area contributed by atoms with E-state index in [0.717, 1.165) is 0 Å². The van der Waals surface area contributed by atoms with Crippen LogP contribution in [0.25, 0.3) is 0 Å². The van der Waals surface area contributed by atoms with Crippen molar-refractivity contribution in [2.45, 2.75) is 4.90 Å². The van der Waals surface area contributed by atoms with Crippen molar-refractivity contribution in [3.05, 3.63) is 54.1 Å². The lowest BCUT2D eigenvalue weighted by molar-refractivity contribution is 0.102. The van der Waals surface area contributed by atoms with Gasteiger partial charge in [-0.25, -0.2) is 13.2 Å². The topological polar surface area (TPSA) is 128 Å². The summed E-state index contributed by atoms with van der Waals surface area (Å²) in [4.78, 5) is 23.3. The maximum Gasteiger partial charge on any atom is 0.316 e. The Morgan fingerprint density at radius 1 is 1.04 bits per heavy atom. The van der Waals surface area contributed by atoms with E-state index in [0.29, 0.717) is 16.9 Å². The molecule has 2 rings (SSSR count). The van der Waals surface area contributed by atoms with Gasteiger partial charge in [0.2, 0.25) is 0 Å². The zero-order valence-electron chi connectivity index (χ0n) is 14.1. The van der Waals surface area contributed by atoms with Crippen LogP contribution in [0.2, 0.25) is 0 Å². The van der Waals surface area contributed by atoms with Gasteiger partial charge in [-0.3, -0.25) is 4.79 Å². The number of ether oxygens (including phenoxy) is 1. The Balaban J connectivity index is 2.10. The number of amides is 3. The Morgan fingerprint density at radius 3 is 2.23 bits per heavy atom. The van der Waals surface area contributed by atoms with Gasteiger partial charge in [-0.1, -0.05) is 6.07 Å². The van der Waals surface area contributed by atoms with Gasteiger partial charge in [0.25, 0.3) is 5.91 Å². The molecule has 0 aliphatic rings. The van der Waals surface area contributed by atoms with E-state index in [1.54, 1.807) is 24.3 Å². The normalized spacial score (nSPS) is 11.0. The monoisotopic (exact) mass is 377 g/mol. The molecule has 0 aliphatic heterocycles. The molecular formula is C17H19N3O5S. The molecule has 0 radical (unpaired) electrons. The Bertz CT molecular complexity index is 895. The zero-order valence-corrected chi connectivity index (χ0v) is 14.9. The number of anilines is 2. The van der Waals surface area contributed by atoms with Gasteiger partial charge in [0.1, 0.15) is 0 Å². The second-order valence-corrected chi connectivity index (χ2v) is 7.47. The molecule has 9 heteroatoms. The average Bonchev–Trinajstić information content (AvgIpc) is 2.60. The molecule has 26 heavy (non-hydrogen) atoms. The molecule has 0 bridgehead atoms. The highest BCUT2D eigenvalue weighted by Crippen LogP contribution is 2.17. The van der Waals surface area contributed by atoms with Gasteiger partial charge < -0.3 is 21.1 Å². The number of urea groups is 1. The van der Waals surface area contributed by atoms with Crippen LogP contribution in [0.3, 0.4) is 0 Å². The van der Waals surface area contributed by atoms with Crippen molar-refractivity contribution in [1.29, 1.82) is 0 Å². The highest BCUT2D eigenvalue weighted by atomic mass is 32.2. The highest BCUT2D eigenvalue weighted by Gasteiger charge is 2.15. The minimum atomic E-state index is -3.45. The van der Waals surface area contributed by atoms with Crippen LogP contribution in [0.4, 0.5) is 16.2 Å². The summed E-state index contributed by atoms with van der Waals surface area (Å²) < 4.78 is 28.9.